The molecule has 6 heteroatoms. The van der Waals surface area contributed by atoms with E-state index in [4.69, 9.17) is 0 Å². The highest BCUT2D eigenvalue weighted by atomic mass is 79.9. The van der Waals surface area contributed by atoms with Gasteiger partial charge in [0, 0.05) is 16.9 Å². The van der Waals surface area contributed by atoms with Gasteiger partial charge in [-0.15, -0.1) is 0 Å². The van der Waals surface area contributed by atoms with Gasteiger partial charge in [-0.25, -0.2) is 9.37 Å². The first-order valence-corrected chi connectivity index (χ1v) is 5.77. The number of anilines is 1. The molecule has 0 aliphatic rings. The Morgan fingerprint density at radius 3 is 2.71 bits per heavy atom. The van der Waals surface area contributed by atoms with E-state index < -0.39 is 5.82 Å². The van der Waals surface area contributed by atoms with E-state index in [0.717, 1.165) is 11.4 Å². The van der Waals surface area contributed by atoms with Crippen LogP contribution in [0, 0.1) is 12.7 Å². The number of hydrogen-bond donors (Lipinski definition) is 1. The van der Waals surface area contributed by atoms with Gasteiger partial charge in [-0.2, -0.15) is 0 Å². The molecule has 0 bridgehead atoms. The highest BCUT2D eigenvalue weighted by molar-refractivity contribution is 9.10. The molecule has 0 saturated heterocycles. The van der Waals surface area contributed by atoms with Crippen molar-refractivity contribution in [2.24, 2.45) is 0 Å². The van der Waals surface area contributed by atoms with Crippen molar-refractivity contribution in [2.45, 2.75) is 13.5 Å². The summed E-state index contributed by atoms with van der Waals surface area (Å²) in [4.78, 5) is 12.2. The molecule has 2 rings (SSSR count). The Bertz CT molecular complexity index is 515. The van der Waals surface area contributed by atoms with Crippen molar-refractivity contribution < 1.29 is 4.39 Å². The third-order valence-corrected chi connectivity index (χ3v) is 2.51. The number of rotatable bonds is 3. The summed E-state index contributed by atoms with van der Waals surface area (Å²) in [6.07, 6.45) is 4.85. The van der Waals surface area contributed by atoms with Gasteiger partial charge in [0.05, 0.1) is 24.1 Å². The third-order valence-electron chi connectivity index (χ3n) is 2.08. The van der Waals surface area contributed by atoms with E-state index >= 15 is 0 Å². The molecule has 0 aromatic carbocycles. The Kier molecular flexibility index (Phi) is 3.63. The van der Waals surface area contributed by atoms with Crippen LogP contribution in [0.2, 0.25) is 0 Å². The molecule has 0 atom stereocenters. The zero-order valence-electron chi connectivity index (χ0n) is 9.11. The average molecular weight is 297 g/mol. The van der Waals surface area contributed by atoms with Crippen molar-refractivity contribution in [3.05, 3.63) is 46.3 Å². The largest absolute Gasteiger partial charge is 0.362 e. The molecule has 0 aliphatic carbocycles. The lowest BCUT2D eigenvalue weighted by Gasteiger charge is -2.06. The first kappa shape index (κ1) is 11.9. The predicted octanol–water partition coefficient (Wildman–Crippen LogP) is 2.69. The third kappa shape index (κ3) is 3.20. The predicted molar refractivity (Wildman–Crippen MR) is 66.0 cm³/mol. The van der Waals surface area contributed by atoms with E-state index in [-0.39, 0.29) is 5.82 Å². The fraction of sp³-hybridized carbons (Fsp3) is 0.182. The lowest BCUT2D eigenvalue weighted by molar-refractivity contribution is 0.623. The van der Waals surface area contributed by atoms with E-state index in [0.29, 0.717) is 11.0 Å². The van der Waals surface area contributed by atoms with E-state index in [2.05, 4.69) is 36.2 Å². The van der Waals surface area contributed by atoms with E-state index in [1.807, 2.05) is 6.92 Å². The van der Waals surface area contributed by atoms with Gasteiger partial charge in [0.2, 0.25) is 0 Å². The number of aryl methyl sites for hydroxylation is 1. The summed E-state index contributed by atoms with van der Waals surface area (Å²) in [7, 11) is 0. The van der Waals surface area contributed by atoms with Crippen molar-refractivity contribution in [1.29, 1.82) is 0 Å². The Hall–Kier alpha value is -1.56. The quantitative estimate of drug-likeness (QED) is 0.946. The van der Waals surface area contributed by atoms with Crippen LogP contribution < -0.4 is 5.32 Å². The maximum atomic E-state index is 13.4. The Morgan fingerprint density at radius 2 is 2.06 bits per heavy atom. The summed E-state index contributed by atoms with van der Waals surface area (Å²) >= 11 is 3.15. The molecule has 4 nitrogen and oxygen atoms in total. The Balaban J connectivity index is 2.04. The van der Waals surface area contributed by atoms with Crippen molar-refractivity contribution in [2.75, 3.05) is 5.32 Å². The van der Waals surface area contributed by atoms with Crippen molar-refractivity contribution >= 4 is 21.7 Å². The van der Waals surface area contributed by atoms with Crippen LogP contribution in [0.1, 0.15) is 11.4 Å². The standard InChI is InChI=1S/C11H10BrFN4/c1-7-3-15-9(5-14-7)6-17-11-10(13)2-8(12)4-16-11/h2-5H,6H2,1H3,(H,16,17). The number of nitrogens with zero attached hydrogens (tertiary/aromatic N) is 3. The molecular weight excluding hydrogens is 287 g/mol. The second-order valence-electron chi connectivity index (χ2n) is 3.49. The molecule has 0 unspecified atom stereocenters. The van der Waals surface area contributed by atoms with Gasteiger partial charge in [0.15, 0.2) is 11.6 Å². The van der Waals surface area contributed by atoms with Crippen LogP contribution in [0.25, 0.3) is 0 Å². The zero-order chi connectivity index (χ0) is 12.3. The summed E-state index contributed by atoms with van der Waals surface area (Å²) in [5.74, 6) is -0.199. The second kappa shape index (κ2) is 5.18. The van der Waals surface area contributed by atoms with E-state index in [9.17, 15) is 4.39 Å². The maximum Gasteiger partial charge on any atom is 0.166 e. The average Bonchev–Trinajstić information content (AvgIpc) is 2.30. The smallest absolute Gasteiger partial charge is 0.166 e. The van der Waals surface area contributed by atoms with Gasteiger partial charge >= 0.3 is 0 Å². The van der Waals surface area contributed by atoms with Gasteiger partial charge in [-0.05, 0) is 28.9 Å². The van der Waals surface area contributed by atoms with Crippen LogP contribution in [-0.2, 0) is 6.54 Å². The highest BCUT2D eigenvalue weighted by Crippen LogP contribution is 2.16. The zero-order valence-corrected chi connectivity index (χ0v) is 10.7. The summed E-state index contributed by atoms with van der Waals surface area (Å²) in [5.41, 5.74) is 1.58. The summed E-state index contributed by atoms with van der Waals surface area (Å²) in [5, 5.41) is 2.87. The fourth-order valence-corrected chi connectivity index (χ4v) is 1.53. The minimum Gasteiger partial charge on any atom is -0.362 e. The minimum atomic E-state index is -0.403. The van der Waals surface area contributed by atoms with Gasteiger partial charge in [-0.1, -0.05) is 0 Å². The number of nitrogens with one attached hydrogen (secondary N) is 1. The topological polar surface area (TPSA) is 50.7 Å². The molecule has 88 valence electrons. The molecule has 0 amide bonds. The Labute approximate surface area is 106 Å². The van der Waals surface area contributed by atoms with Crippen LogP contribution in [0.15, 0.2) is 29.1 Å². The summed E-state index contributed by atoms with van der Waals surface area (Å²) in [6.45, 7) is 2.25. The highest BCUT2D eigenvalue weighted by Gasteiger charge is 2.04. The van der Waals surface area contributed by atoms with Gasteiger partial charge in [-0.3, -0.25) is 9.97 Å². The van der Waals surface area contributed by atoms with Crippen LogP contribution >= 0.6 is 15.9 Å². The van der Waals surface area contributed by atoms with Gasteiger partial charge < -0.3 is 5.32 Å². The molecule has 0 spiro atoms. The lowest BCUT2D eigenvalue weighted by atomic mass is 10.4. The molecule has 2 aromatic rings. The minimum absolute atomic E-state index is 0.204. The second-order valence-corrected chi connectivity index (χ2v) is 4.40. The number of aromatic nitrogens is 3. The fourth-order valence-electron chi connectivity index (χ4n) is 1.23. The van der Waals surface area contributed by atoms with Crippen LogP contribution in [0.3, 0.4) is 0 Å². The van der Waals surface area contributed by atoms with Crippen molar-refractivity contribution in [1.82, 2.24) is 15.0 Å². The maximum absolute atomic E-state index is 13.4. The molecule has 1 N–H and O–H groups in total. The summed E-state index contributed by atoms with van der Waals surface area (Å²) < 4.78 is 14.0. The number of hydrogen-bond acceptors (Lipinski definition) is 4. The van der Waals surface area contributed by atoms with Crippen LogP contribution in [0.4, 0.5) is 10.2 Å². The summed E-state index contributed by atoms with van der Waals surface area (Å²) in [6, 6.07) is 1.36. The van der Waals surface area contributed by atoms with Crippen molar-refractivity contribution in [3.8, 4) is 0 Å². The molecular formula is C11H10BrFN4. The Morgan fingerprint density at radius 1 is 1.24 bits per heavy atom. The molecule has 0 aliphatic heterocycles. The van der Waals surface area contributed by atoms with Crippen LogP contribution in [0.5, 0.6) is 0 Å². The van der Waals surface area contributed by atoms with Gasteiger partial charge in [0.25, 0.3) is 0 Å². The molecule has 0 fully saturated rings. The number of pyridine rings is 1. The normalized spacial score (nSPS) is 10.3. The SMILES string of the molecule is Cc1cnc(CNc2ncc(Br)cc2F)cn1. The lowest BCUT2D eigenvalue weighted by Crippen LogP contribution is -2.05. The van der Waals surface area contributed by atoms with E-state index in [1.165, 1.54) is 12.3 Å². The molecule has 17 heavy (non-hydrogen) atoms. The molecule has 2 heterocycles. The van der Waals surface area contributed by atoms with Gasteiger partial charge in [0.1, 0.15) is 0 Å². The monoisotopic (exact) mass is 296 g/mol. The first-order chi connectivity index (χ1) is 8.15. The van der Waals surface area contributed by atoms with Crippen molar-refractivity contribution in [3.63, 3.8) is 0 Å². The molecule has 0 saturated carbocycles. The van der Waals surface area contributed by atoms with Crippen LogP contribution in [-0.4, -0.2) is 15.0 Å². The first-order valence-electron chi connectivity index (χ1n) is 4.97. The number of halogens is 2. The molecule has 0 radical (unpaired) electrons. The van der Waals surface area contributed by atoms with E-state index in [1.54, 1.807) is 12.4 Å². The molecule has 2 aromatic heterocycles.